The first-order chi connectivity index (χ1) is 11.2. The van der Waals surface area contributed by atoms with Crippen molar-refractivity contribution < 1.29 is 19.1 Å². The molecule has 0 fully saturated rings. The standard InChI is InChI=1S/C17H20FN3O3/c1-17(2,3)13-10-14(19-15(22)8-9-16(23)24)21(20-13)12-6-4-11(18)5-7-12/h4-7,10H,8-9H2,1-3H3,(H,19,22)(H,23,24)/p-1. The summed E-state index contributed by atoms with van der Waals surface area (Å²) in [7, 11) is 0. The summed E-state index contributed by atoms with van der Waals surface area (Å²) in [5.41, 5.74) is 1.07. The topological polar surface area (TPSA) is 87.0 Å². The Morgan fingerprint density at radius 2 is 1.83 bits per heavy atom. The summed E-state index contributed by atoms with van der Waals surface area (Å²) in [6.07, 6.45) is -0.551. The number of halogens is 1. The van der Waals surface area contributed by atoms with Gasteiger partial charge in [0.1, 0.15) is 11.6 Å². The molecule has 1 aromatic heterocycles. The van der Waals surface area contributed by atoms with Crippen molar-refractivity contribution in [1.29, 1.82) is 0 Å². The zero-order valence-electron chi connectivity index (χ0n) is 13.8. The summed E-state index contributed by atoms with van der Waals surface area (Å²) in [6, 6.07) is 7.42. The fourth-order valence-corrected chi connectivity index (χ4v) is 2.04. The fourth-order valence-electron chi connectivity index (χ4n) is 2.04. The monoisotopic (exact) mass is 332 g/mol. The maximum atomic E-state index is 13.1. The van der Waals surface area contributed by atoms with Crippen LogP contribution < -0.4 is 10.4 Å². The van der Waals surface area contributed by atoms with Crippen molar-refractivity contribution in [2.24, 2.45) is 0 Å². The van der Waals surface area contributed by atoms with Crippen molar-refractivity contribution in [3.63, 3.8) is 0 Å². The van der Waals surface area contributed by atoms with Gasteiger partial charge in [0, 0.05) is 23.9 Å². The van der Waals surface area contributed by atoms with Gasteiger partial charge in [-0.1, -0.05) is 20.8 Å². The second-order valence-corrected chi connectivity index (χ2v) is 6.47. The average molecular weight is 332 g/mol. The highest BCUT2D eigenvalue weighted by Crippen LogP contribution is 2.26. The summed E-state index contributed by atoms with van der Waals surface area (Å²) in [4.78, 5) is 22.4. The first-order valence-corrected chi connectivity index (χ1v) is 7.53. The first kappa shape index (κ1) is 17.7. The summed E-state index contributed by atoms with van der Waals surface area (Å²) >= 11 is 0. The summed E-state index contributed by atoms with van der Waals surface area (Å²) in [5, 5.41) is 17.6. The number of anilines is 1. The molecule has 0 atom stereocenters. The normalized spacial score (nSPS) is 11.3. The number of hydrogen-bond acceptors (Lipinski definition) is 4. The van der Waals surface area contributed by atoms with Crippen LogP contribution >= 0.6 is 0 Å². The Balaban J connectivity index is 2.34. The van der Waals surface area contributed by atoms with E-state index in [1.165, 1.54) is 16.8 Å². The summed E-state index contributed by atoms with van der Waals surface area (Å²) < 4.78 is 14.6. The molecule has 6 nitrogen and oxygen atoms in total. The van der Waals surface area contributed by atoms with E-state index in [4.69, 9.17) is 0 Å². The van der Waals surface area contributed by atoms with Crippen molar-refractivity contribution >= 4 is 17.7 Å². The first-order valence-electron chi connectivity index (χ1n) is 7.53. The van der Waals surface area contributed by atoms with Gasteiger partial charge in [0.25, 0.3) is 0 Å². The number of amides is 1. The Labute approximate surface area is 139 Å². The van der Waals surface area contributed by atoms with Crippen molar-refractivity contribution in [1.82, 2.24) is 9.78 Å². The van der Waals surface area contributed by atoms with E-state index in [2.05, 4.69) is 10.4 Å². The SMILES string of the molecule is CC(C)(C)c1cc(NC(=O)CCC(=O)[O-])n(-c2ccc(F)cc2)n1. The van der Waals surface area contributed by atoms with Crippen LogP contribution in [0.2, 0.25) is 0 Å². The number of aliphatic carboxylic acids is 1. The summed E-state index contributed by atoms with van der Waals surface area (Å²) in [5.74, 6) is -1.72. The number of nitrogens with one attached hydrogen (secondary N) is 1. The van der Waals surface area contributed by atoms with Gasteiger partial charge < -0.3 is 15.2 Å². The van der Waals surface area contributed by atoms with E-state index < -0.39 is 11.9 Å². The van der Waals surface area contributed by atoms with E-state index >= 15 is 0 Å². The Bertz CT molecular complexity index is 745. The third kappa shape index (κ3) is 4.41. The second kappa shape index (κ2) is 6.82. The van der Waals surface area contributed by atoms with Crippen LogP contribution in [0, 0.1) is 5.82 Å². The fraction of sp³-hybridized carbons (Fsp3) is 0.353. The number of aromatic nitrogens is 2. The van der Waals surface area contributed by atoms with E-state index in [0.717, 1.165) is 5.69 Å². The van der Waals surface area contributed by atoms with Crippen LogP contribution in [0.15, 0.2) is 30.3 Å². The number of hydrogen-bond donors (Lipinski definition) is 1. The van der Waals surface area contributed by atoms with E-state index in [1.807, 2.05) is 20.8 Å². The molecular formula is C17H19FN3O3-. The van der Waals surface area contributed by atoms with Gasteiger partial charge in [-0.25, -0.2) is 9.07 Å². The Morgan fingerprint density at radius 3 is 2.38 bits per heavy atom. The van der Waals surface area contributed by atoms with Gasteiger partial charge in [0.05, 0.1) is 11.4 Å². The zero-order chi connectivity index (χ0) is 17.9. The molecule has 1 amide bonds. The Morgan fingerprint density at radius 1 is 1.21 bits per heavy atom. The minimum absolute atomic E-state index is 0.193. The summed E-state index contributed by atoms with van der Waals surface area (Å²) in [6.45, 7) is 5.93. The molecule has 24 heavy (non-hydrogen) atoms. The lowest BCUT2D eigenvalue weighted by molar-refractivity contribution is -0.305. The number of carboxylic acid groups (broad SMARTS) is 1. The van der Waals surface area contributed by atoms with Crippen LogP contribution in [-0.4, -0.2) is 21.7 Å². The quantitative estimate of drug-likeness (QED) is 0.904. The van der Waals surface area contributed by atoms with Gasteiger partial charge in [-0.15, -0.1) is 0 Å². The molecule has 0 radical (unpaired) electrons. The van der Waals surface area contributed by atoms with Gasteiger partial charge >= 0.3 is 0 Å². The van der Waals surface area contributed by atoms with Gasteiger partial charge in [0.15, 0.2) is 0 Å². The molecule has 0 spiro atoms. The van der Waals surface area contributed by atoms with Crippen molar-refractivity contribution in [2.45, 2.75) is 39.0 Å². The van der Waals surface area contributed by atoms with Crippen LogP contribution in [0.25, 0.3) is 5.69 Å². The molecule has 0 saturated carbocycles. The number of benzene rings is 1. The lowest BCUT2D eigenvalue weighted by Gasteiger charge is -2.14. The lowest BCUT2D eigenvalue weighted by atomic mass is 9.92. The zero-order valence-corrected chi connectivity index (χ0v) is 13.8. The minimum atomic E-state index is -1.28. The van der Waals surface area contributed by atoms with Gasteiger partial charge in [-0.05, 0) is 30.7 Å². The molecule has 128 valence electrons. The third-order valence-corrected chi connectivity index (χ3v) is 3.37. The predicted octanol–water partition coefficient (Wildman–Crippen LogP) is 1.78. The molecule has 0 aliphatic carbocycles. The van der Waals surface area contributed by atoms with Gasteiger partial charge in [0.2, 0.25) is 5.91 Å². The molecular weight excluding hydrogens is 313 g/mol. The Hall–Kier alpha value is -2.70. The number of nitrogens with zero attached hydrogens (tertiary/aromatic N) is 2. The third-order valence-electron chi connectivity index (χ3n) is 3.37. The van der Waals surface area contributed by atoms with Crippen LogP contribution in [0.4, 0.5) is 10.2 Å². The van der Waals surface area contributed by atoms with Crippen molar-refractivity contribution in [3.8, 4) is 5.69 Å². The van der Waals surface area contributed by atoms with E-state index in [-0.39, 0.29) is 24.1 Å². The molecule has 0 unspecified atom stereocenters. The molecule has 1 heterocycles. The Kier molecular flexibility index (Phi) is 5.02. The highest BCUT2D eigenvalue weighted by molar-refractivity contribution is 5.91. The molecule has 0 aliphatic heterocycles. The van der Waals surface area contributed by atoms with Crippen LogP contribution in [0.3, 0.4) is 0 Å². The van der Waals surface area contributed by atoms with Crippen LogP contribution in [0.5, 0.6) is 0 Å². The molecule has 0 bridgehead atoms. The van der Waals surface area contributed by atoms with Crippen LogP contribution in [0.1, 0.15) is 39.3 Å². The van der Waals surface area contributed by atoms with Crippen LogP contribution in [-0.2, 0) is 15.0 Å². The smallest absolute Gasteiger partial charge is 0.225 e. The number of carboxylic acids is 1. The molecule has 0 aliphatic rings. The van der Waals surface area contributed by atoms with Gasteiger partial charge in [-0.3, -0.25) is 4.79 Å². The predicted molar refractivity (Wildman–Crippen MR) is 85.1 cm³/mol. The minimum Gasteiger partial charge on any atom is -0.550 e. The van der Waals surface area contributed by atoms with E-state index in [1.54, 1.807) is 18.2 Å². The maximum absolute atomic E-state index is 13.1. The molecule has 0 saturated heterocycles. The van der Waals surface area contributed by atoms with E-state index in [0.29, 0.717) is 11.5 Å². The molecule has 2 rings (SSSR count). The number of carbonyl (C=O) groups excluding carboxylic acids is 2. The number of carbonyl (C=O) groups is 2. The highest BCUT2D eigenvalue weighted by Gasteiger charge is 2.21. The van der Waals surface area contributed by atoms with Crippen molar-refractivity contribution in [3.05, 3.63) is 41.8 Å². The largest absolute Gasteiger partial charge is 0.550 e. The maximum Gasteiger partial charge on any atom is 0.225 e. The molecule has 7 heteroatoms. The number of rotatable bonds is 5. The molecule has 2 aromatic rings. The lowest BCUT2D eigenvalue weighted by Crippen LogP contribution is -2.24. The average Bonchev–Trinajstić information content (AvgIpc) is 2.90. The molecule has 1 aromatic carbocycles. The second-order valence-electron chi connectivity index (χ2n) is 6.47. The molecule has 1 N–H and O–H groups in total. The van der Waals surface area contributed by atoms with Crippen molar-refractivity contribution in [2.75, 3.05) is 5.32 Å². The van der Waals surface area contributed by atoms with E-state index in [9.17, 15) is 19.1 Å². The van der Waals surface area contributed by atoms with Gasteiger partial charge in [-0.2, -0.15) is 5.10 Å². The highest BCUT2D eigenvalue weighted by atomic mass is 19.1.